The van der Waals surface area contributed by atoms with Crippen molar-refractivity contribution >= 4 is 64.2 Å². The first-order valence-electron chi connectivity index (χ1n) is 9.51. The van der Waals surface area contributed by atoms with E-state index in [-0.39, 0.29) is 17.4 Å². The summed E-state index contributed by atoms with van der Waals surface area (Å²) in [7, 11) is 2.81. The summed E-state index contributed by atoms with van der Waals surface area (Å²) in [6.45, 7) is 1.98. The average molecular weight is 495 g/mol. The molecule has 1 aliphatic heterocycles. The van der Waals surface area contributed by atoms with Crippen LogP contribution in [0.2, 0.25) is 10.0 Å². The Kier molecular flexibility index (Phi) is 7.60. The van der Waals surface area contributed by atoms with E-state index in [1.54, 1.807) is 49.6 Å². The molecule has 10 heteroatoms. The van der Waals surface area contributed by atoms with Crippen molar-refractivity contribution in [3.8, 4) is 11.5 Å². The molecule has 0 bridgehead atoms. The summed E-state index contributed by atoms with van der Waals surface area (Å²) in [6.07, 6.45) is 1.56. The Morgan fingerprint density at radius 1 is 1.12 bits per heavy atom. The van der Waals surface area contributed by atoms with Crippen molar-refractivity contribution < 1.29 is 23.8 Å². The highest BCUT2D eigenvalue weighted by atomic mass is 35.5. The molecule has 1 amide bonds. The highest BCUT2D eigenvalue weighted by molar-refractivity contribution is 7.80. The van der Waals surface area contributed by atoms with Crippen LogP contribution in [-0.2, 0) is 14.3 Å². The number of carbonyl (C=O) groups excluding carboxylic acids is 2. The molecule has 0 aliphatic carbocycles. The lowest BCUT2D eigenvalue weighted by Crippen LogP contribution is -2.35. The zero-order valence-electron chi connectivity index (χ0n) is 17.6. The summed E-state index contributed by atoms with van der Waals surface area (Å²) in [4.78, 5) is 28.1. The van der Waals surface area contributed by atoms with Crippen molar-refractivity contribution in [3.63, 3.8) is 0 Å². The second-order valence-electron chi connectivity index (χ2n) is 6.56. The molecule has 1 saturated heterocycles. The predicted molar refractivity (Wildman–Crippen MR) is 127 cm³/mol. The van der Waals surface area contributed by atoms with E-state index in [4.69, 9.17) is 49.6 Å². The van der Waals surface area contributed by atoms with Crippen LogP contribution >= 0.6 is 35.4 Å². The number of hydrogen-bond donors (Lipinski definition) is 0. The van der Waals surface area contributed by atoms with Gasteiger partial charge in [0.2, 0.25) is 0 Å². The summed E-state index contributed by atoms with van der Waals surface area (Å²) >= 11 is 18.1. The topological polar surface area (TPSA) is 68.3 Å². The number of amides is 1. The van der Waals surface area contributed by atoms with Crippen LogP contribution in [0.3, 0.4) is 0 Å². The quantitative estimate of drug-likeness (QED) is 0.317. The maximum atomic E-state index is 13.3. The second-order valence-corrected chi connectivity index (χ2v) is 7.74. The summed E-state index contributed by atoms with van der Waals surface area (Å²) < 4.78 is 15.4. The Bertz CT molecular complexity index is 1070. The van der Waals surface area contributed by atoms with E-state index in [2.05, 4.69) is 0 Å². The largest absolute Gasteiger partial charge is 0.497 e. The van der Waals surface area contributed by atoms with E-state index in [1.807, 2.05) is 6.92 Å². The molecule has 0 spiro atoms. The Morgan fingerprint density at radius 2 is 1.75 bits per heavy atom. The van der Waals surface area contributed by atoms with Crippen LogP contribution < -0.4 is 14.4 Å². The van der Waals surface area contributed by atoms with E-state index in [9.17, 15) is 9.59 Å². The van der Waals surface area contributed by atoms with Crippen molar-refractivity contribution in [2.45, 2.75) is 6.92 Å². The molecule has 0 unspecified atom stereocenters. The lowest BCUT2D eigenvalue weighted by atomic mass is 10.1. The average Bonchev–Trinajstić information content (AvgIpc) is 3.00. The molecule has 1 fully saturated rings. The summed E-state index contributed by atoms with van der Waals surface area (Å²) in [6, 6.07) is 10.1. The Morgan fingerprint density at radius 3 is 2.28 bits per heavy atom. The molecule has 1 heterocycles. The molecule has 0 saturated carbocycles. The van der Waals surface area contributed by atoms with Gasteiger partial charge < -0.3 is 19.1 Å². The monoisotopic (exact) mass is 494 g/mol. The number of methoxy groups -OCH3 is 2. The fourth-order valence-electron chi connectivity index (χ4n) is 3.09. The lowest BCUT2D eigenvalue weighted by Gasteiger charge is -2.19. The minimum atomic E-state index is -0.551. The van der Waals surface area contributed by atoms with Crippen LogP contribution in [0.5, 0.6) is 11.5 Å². The number of hydrogen-bond acceptors (Lipinski definition) is 6. The summed E-state index contributed by atoms with van der Waals surface area (Å²) in [5.41, 5.74) is 1.25. The molecule has 168 valence electrons. The van der Waals surface area contributed by atoms with Crippen LogP contribution in [0.4, 0.5) is 5.69 Å². The number of anilines is 1. The van der Waals surface area contributed by atoms with Gasteiger partial charge in [0.25, 0.3) is 5.91 Å². The first-order chi connectivity index (χ1) is 15.3. The van der Waals surface area contributed by atoms with Crippen molar-refractivity contribution in [1.29, 1.82) is 0 Å². The van der Waals surface area contributed by atoms with Gasteiger partial charge >= 0.3 is 5.97 Å². The smallest absolute Gasteiger partial charge is 0.325 e. The molecule has 32 heavy (non-hydrogen) atoms. The van der Waals surface area contributed by atoms with Crippen molar-refractivity contribution in [2.75, 3.05) is 32.3 Å². The van der Waals surface area contributed by atoms with Crippen LogP contribution in [0.25, 0.3) is 6.08 Å². The second kappa shape index (κ2) is 10.2. The molecule has 1 aliphatic rings. The first kappa shape index (κ1) is 23.8. The lowest BCUT2D eigenvalue weighted by molar-refractivity contribution is -0.140. The van der Waals surface area contributed by atoms with Gasteiger partial charge in [0, 0.05) is 0 Å². The van der Waals surface area contributed by atoms with Gasteiger partial charge in [0.05, 0.1) is 36.6 Å². The van der Waals surface area contributed by atoms with Gasteiger partial charge in [-0.3, -0.25) is 14.5 Å². The molecule has 2 aromatic carbocycles. The number of ether oxygens (including phenoxy) is 3. The van der Waals surface area contributed by atoms with Gasteiger partial charge in [-0.2, -0.15) is 0 Å². The molecule has 0 aromatic heterocycles. The Labute approximate surface area is 201 Å². The Hall–Kier alpha value is -2.81. The molecule has 2 aromatic rings. The molecule has 0 N–H and O–H groups in total. The SMILES string of the molecule is CCOc1c(Cl)cc(/C=C2/C(=O)N(c3ccc(OC)cc3)C(=S)N2CC(=O)OC)cc1Cl. The van der Waals surface area contributed by atoms with E-state index < -0.39 is 11.9 Å². The van der Waals surface area contributed by atoms with Gasteiger partial charge in [-0.05, 0) is 67.2 Å². The highest BCUT2D eigenvalue weighted by Crippen LogP contribution is 2.36. The Balaban J connectivity index is 2.05. The molecule has 0 atom stereocenters. The van der Waals surface area contributed by atoms with Crippen LogP contribution in [0, 0.1) is 0 Å². The van der Waals surface area contributed by atoms with Crippen LogP contribution in [-0.4, -0.2) is 49.3 Å². The zero-order chi connectivity index (χ0) is 23.4. The zero-order valence-corrected chi connectivity index (χ0v) is 19.9. The number of thiocarbonyl (C=S) groups is 1. The number of esters is 1. The molecule has 3 rings (SSSR count). The number of carbonyl (C=O) groups is 2. The molecule has 0 radical (unpaired) electrons. The highest BCUT2D eigenvalue weighted by Gasteiger charge is 2.40. The van der Waals surface area contributed by atoms with E-state index in [1.165, 1.54) is 16.9 Å². The van der Waals surface area contributed by atoms with E-state index >= 15 is 0 Å². The van der Waals surface area contributed by atoms with Gasteiger partial charge in [-0.1, -0.05) is 23.2 Å². The maximum Gasteiger partial charge on any atom is 0.325 e. The van der Waals surface area contributed by atoms with Gasteiger partial charge in [-0.15, -0.1) is 0 Å². The molecule has 7 nitrogen and oxygen atoms in total. The number of benzene rings is 2. The van der Waals surface area contributed by atoms with Gasteiger partial charge in [0.1, 0.15) is 18.0 Å². The third kappa shape index (κ3) is 4.82. The van der Waals surface area contributed by atoms with Crippen LogP contribution in [0.15, 0.2) is 42.1 Å². The van der Waals surface area contributed by atoms with Crippen molar-refractivity contribution in [2.24, 2.45) is 0 Å². The maximum absolute atomic E-state index is 13.3. The van der Waals surface area contributed by atoms with Crippen molar-refractivity contribution in [1.82, 2.24) is 4.90 Å². The molecular weight excluding hydrogens is 475 g/mol. The fraction of sp³-hybridized carbons (Fsp3) is 0.227. The summed E-state index contributed by atoms with van der Waals surface area (Å²) in [5, 5.41) is 0.733. The van der Waals surface area contributed by atoms with E-state index in [0.29, 0.717) is 39.4 Å². The normalized spacial score (nSPS) is 14.8. The standard InChI is InChI=1S/C22H20Cl2N2O5S/c1-4-31-20-16(23)9-13(10-17(20)24)11-18-21(28)26(14-5-7-15(29-2)8-6-14)22(32)25(18)12-19(27)30-3/h5-11H,4,12H2,1-3H3/b18-11-. The first-order valence-corrected chi connectivity index (χ1v) is 10.7. The third-order valence-corrected chi connectivity index (χ3v) is 5.56. The summed E-state index contributed by atoms with van der Waals surface area (Å²) in [5.74, 6) is 0.0280. The van der Waals surface area contributed by atoms with Crippen molar-refractivity contribution in [3.05, 3.63) is 57.7 Å². The van der Waals surface area contributed by atoms with Gasteiger partial charge in [0.15, 0.2) is 10.9 Å². The molecular formula is C22H20Cl2N2O5S. The van der Waals surface area contributed by atoms with Crippen LogP contribution in [0.1, 0.15) is 12.5 Å². The minimum absolute atomic E-state index is 0.139. The third-order valence-electron chi connectivity index (χ3n) is 4.59. The predicted octanol–water partition coefficient (Wildman–Crippen LogP) is 4.55. The number of halogens is 2. The van der Waals surface area contributed by atoms with E-state index in [0.717, 1.165) is 0 Å². The number of rotatable bonds is 7. The number of nitrogens with zero attached hydrogens (tertiary/aromatic N) is 2. The van der Waals surface area contributed by atoms with Gasteiger partial charge in [-0.25, -0.2) is 0 Å². The minimum Gasteiger partial charge on any atom is -0.497 e. The fourth-order valence-corrected chi connectivity index (χ4v) is 4.05.